The predicted molar refractivity (Wildman–Crippen MR) is 113 cm³/mol. The number of benzene rings is 2. The van der Waals surface area contributed by atoms with Gasteiger partial charge in [-0.05, 0) is 38.9 Å². The van der Waals surface area contributed by atoms with Crippen LogP contribution in [-0.4, -0.2) is 9.97 Å². The van der Waals surface area contributed by atoms with E-state index in [1.165, 1.54) is 38.4 Å². The molecule has 1 aliphatic carbocycles. The summed E-state index contributed by atoms with van der Waals surface area (Å²) in [6, 6.07) is 15.5. The molecule has 27 heavy (non-hydrogen) atoms. The van der Waals surface area contributed by atoms with Gasteiger partial charge in [0.1, 0.15) is 0 Å². The van der Waals surface area contributed by atoms with E-state index in [-0.39, 0.29) is 10.8 Å². The second-order valence-electron chi connectivity index (χ2n) is 9.22. The number of nitrogens with zero attached hydrogens (tertiary/aromatic N) is 2. The third kappa shape index (κ3) is 2.19. The van der Waals surface area contributed by atoms with Crippen molar-refractivity contribution in [2.24, 2.45) is 0 Å². The van der Waals surface area contributed by atoms with E-state index in [0.29, 0.717) is 0 Å². The van der Waals surface area contributed by atoms with E-state index >= 15 is 0 Å². The van der Waals surface area contributed by atoms with Gasteiger partial charge >= 0.3 is 0 Å². The van der Waals surface area contributed by atoms with Gasteiger partial charge in [0.05, 0.1) is 17.4 Å². The van der Waals surface area contributed by atoms with Crippen molar-refractivity contribution < 1.29 is 0 Å². The van der Waals surface area contributed by atoms with Crippen LogP contribution in [0.15, 0.2) is 54.9 Å². The maximum Gasteiger partial charge on any atom is 0.0888 e. The first-order chi connectivity index (χ1) is 12.8. The number of rotatable bonds is 0. The molecule has 1 aliphatic rings. The summed E-state index contributed by atoms with van der Waals surface area (Å²) in [5.74, 6) is 0. The van der Waals surface area contributed by atoms with Gasteiger partial charge in [0.2, 0.25) is 0 Å². The molecule has 0 atom stereocenters. The molecule has 2 heterocycles. The van der Waals surface area contributed by atoms with E-state index in [9.17, 15) is 0 Å². The molecule has 134 valence electrons. The number of pyridine rings is 2. The molecule has 0 radical (unpaired) electrons. The predicted octanol–water partition coefficient (Wildman–Crippen LogP) is 6.39. The first-order valence-corrected chi connectivity index (χ1v) is 9.61. The highest BCUT2D eigenvalue weighted by molar-refractivity contribution is 6.05. The van der Waals surface area contributed by atoms with E-state index < -0.39 is 0 Å². The molecular formula is C25H24N2. The van der Waals surface area contributed by atoms with E-state index in [2.05, 4.69) is 77.1 Å². The molecule has 0 spiro atoms. The average Bonchev–Trinajstić information content (AvgIpc) is 2.64. The Morgan fingerprint density at radius 2 is 1.63 bits per heavy atom. The molecule has 0 fully saturated rings. The van der Waals surface area contributed by atoms with Gasteiger partial charge < -0.3 is 0 Å². The van der Waals surface area contributed by atoms with Crippen molar-refractivity contribution in [3.8, 4) is 11.3 Å². The van der Waals surface area contributed by atoms with Crippen molar-refractivity contribution in [2.45, 2.75) is 45.4 Å². The van der Waals surface area contributed by atoms with Gasteiger partial charge in [-0.1, -0.05) is 71.0 Å². The van der Waals surface area contributed by atoms with Crippen molar-refractivity contribution in [2.75, 3.05) is 0 Å². The Hall–Kier alpha value is -2.74. The second kappa shape index (κ2) is 5.16. The molecule has 2 nitrogen and oxygen atoms in total. The summed E-state index contributed by atoms with van der Waals surface area (Å²) in [4.78, 5) is 9.66. The van der Waals surface area contributed by atoms with Gasteiger partial charge in [0, 0.05) is 22.6 Å². The van der Waals surface area contributed by atoms with Crippen LogP contribution in [0.4, 0.5) is 0 Å². The summed E-state index contributed by atoms with van der Waals surface area (Å²) >= 11 is 0. The molecular weight excluding hydrogens is 328 g/mol. The van der Waals surface area contributed by atoms with Crippen LogP contribution >= 0.6 is 0 Å². The van der Waals surface area contributed by atoms with E-state index in [4.69, 9.17) is 9.97 Å². The normalized spacial score (nSPS) is 15.1. The fourth-order valence-electron chi connectivity index (χ4n) is 4.54. The third-order valence-electron chi connectivity index (χ3n) is 6.06. The number of fused-ring (bicyclic) bond motifs is 4. The lowest BCUT2D eigenvalue weighted by atomic mass is 9.68. The van der Waals surface area contributed by atoms with Crippen LogP contribution in [0.2, 0.25) is 0 Å². The van der Waals surface area contributed by atoms with Gasteiger partial charge in [-0.2, -0.15) is 0 Å². The van der Waals surface area contributed by atoms with Gasteiger partial charge in [-0.3, -0.25) is 9.97 Å². The fraction of sp³-hybridized carbons (Fsp3) is 0.280. The van der Waals surface area contributed by atoms with Crippen LogP contribution in [0.5, 0.6) is 0 Å². The van der Waals surface area contributed by atoms with Crippen LogP contribution < -0.4 is 0 Å². The second-order valence-corrected chi connectivity index (χ2v) is 9.22. The average molecular weight is 352 g/mol. The Labute approximate surface area is 160 Å². The molecule has 0 saturated heterocycles. The summed E-state index contributed by atoms with van der Waals surface area (Å²) in [7, 11) is 0. The minimum Gasteiger partial charge on any atom is -0.254 e. The van der Waals surface area contributed by atoms with Crippen LogP contribution in [0.25, 0.3) is 32.9 Å². The molecule has 4 aromatic rings. The standard InChI is InChI=1S/C25H24N2/c1-24(2,3)16-12-18-20(26-13-16)14-27-23-17-10-6-8-15-9-7-11-19(21(15)17)25(4,5)22(18)23/h6-14H,1-5H3. The highest BCUT2D eigenvalue weighted by atomic mass is 14.8. The molecule has 0 bridgehead atoms. The van der Waals surface area contributed by atoms with Crippen molar-refractivity contribution in [3.63, 3.8) is 0 Å². The zero-order valence-corrected chi connectivity index (χ0v) is 16.6. The topological polar surface area (TPSA) is 25.8 Å². The Morgan fingerprint density at radius 3 is 2.37 bits per heavy atom. The zero-order chi connectivity index (χ0) is 19.0. The molecule has 0 aliphatic heterocycles. The summed E-state index contributed by atoms with van der Waals surface area (Å²) in [5.41, 5.74) is 7.17. The lowest BCUT2D eigenvalue weighted by Crippen LogP contribution is -2.25. The summed E-state index contributed by atoms with van der Waals surface area (Å²) < 4.78 is 0. The highest BCUT2D eigenvalue weighted by Gasteiger charge is 2.36. The summed E-state index contributed by atoms with van der Waals surface area (Å²) in [6.07, 6.45) is 3.93. The van der Waals surface area contributed by atoms with Crippen molar-refractivity contribution in [3.05, 3.63) is 71.5 Å². The first-order valence-electron chi connectivity index (χ1n) is 9.61. The van der Waals surface area contributed by atoms with Crippen molar-refractivity contribution >= 4 is 21.7 Å². The van der Waals surface area contributed by atoms with Gasteiger partial charge in [-0.15, -0.1) is 0 Å². The van der Waals surface area contributed by atoms with Crippen LogP contribution in [0.1, 0.15) is 51.3 Å². The summed E-state index contributed by atoms with van der Waals surface area (Å²) in [5, 5.41) is 3.85. The lowest BCUT2D eigenvalue weighted by molar-refractivity contribution is 0.588. The largest absolute Gasteiger partial charge is 0.254 e. The van der Waals surface area contributed by atoms with E-state index in [1.807, 2.05) is 12.4 Å². The SMILES string of the molecule is CC(C)(C)c1cnc2cnc3c(c2c1)C(C)(C)c1cccc2cccc-3c12. The Balaban J connectivity index is 1.97. The number of aromatic nitrogens is 2. The lowest BCUT2D eigenvalue weighted by Gasteiger charge is -2.35. The summed E-state index contributed by atoms with van der Waals surface area (Å²) in [6.45, 7) is 11.4. The maximum atomic E-state index is 4.90. The highest BCUT2D eigenvalue weighted by Crippen LogP contribution is 2.49. The molecule has 0 saturated carbocycles. The molecule has 2 heteroatoms. The first kappa shape index (κ1) is 16.4. The van der Waals surface area contributed by atoms with E-state index in [1.54, 1.807) is 0 Å². The van der Waals surface area contributed by atoms with Crippen LogP contribution in [0, 0.1) is 0 Å². The Kier molecular flexibility index (Phi) is 3.14. The van der Waals surface area contributed by atoms with Gasteiger partial charge in [-0.25, -0.2) is 0 Å². The quantitative estimate of drug-likeness (QED) is 0.366. The molecule has 0 unspecified atom stereocenters. The monoisotopic (exact) mass is 352 g/mol. The minimum absolute atomic E-state index is 0.0636. The van der Waals surface area contributed by atoms with Crippen LogP contribution in [0.3, 0.4) is 0 Å². The molecule has 2 aromatic carbocycles. The maximum absolute atomic E-state index is 4.90. The molecule has 0 N–H and O–H groups in total. The third-order valence-corrected chi connectivity index (χ3v) is 6.06. The van der Waals surface area contributed by atoms with Crippen molar-refractivity contribution in [1.82, 2.24) is 9.97 Å². The molecule has 5 rings (SSSR count). The van der Waals surface area contributed by atoms with Crippen LogP contribution in [-0.2, 0) is 10.8 Å². The Bertz CT molecular complexity index is 1220. The Morgan fingerprint density at radius 1 is 0.889 bits per heavy atom. The van der Waals surface area contributed by atoms with E-state index in [0.717, 1.165) is 11.2 Å². The molecule has 0 amide bonds. The zero-order valence-electron chi connectivity index (χ0n) is 16.6. The minimum atomic E-state index is -0.131. The fourth-order valence-corrected chi connectivity index (χ4v) is 4.54. The van der Waals surface area contributed by atoms with Gasteiger partial charge in [0.25, 0.3) is 0 Å². The van der Waals surface area contributed by atoms with Gasteiger partial charge in [0.15, 0.2) is 0 Å². The number of hydrogen-bond acceptors (Lipinski definition) is 2. The molecule has 2 aromatic heterocycles. The van der Waals surface area contributed by atoms with Crippen molar-refractivity contribution in [1.29, 1.82) is 0 Å². The smallest absolute Gasteiger partial charge is 0.0888 e. The number of hydrogen-bond donors (Lipinski definition) is 0.